The fraction of sp³-hybridized carbons (Fsp3) is 0.818. The molecule has 1 aromatic heterocycles. The molecule has 7 nitrogen and oxygen atoms in total. The zero-order chi connectivity index (χ0) is 13.6. The summed E-state index contributed by atoms with van der Waals surface area (Å²) in [5.74, 6) is 1.30. The lowest BCUT2D eigenvalue weighted by molar-refractivity contribution is -0.000121. The summed E-state index contributed by atoms with van der Waals surface area (Å²) in [5.41, 5.74) is 0. The Morgan fingerprint density at radius 2 is 2.21 bits per heavy atom. The summed E-state index contributed by atoms with van der Waals surface area (Å²) in [4.78, 5) is 4.18. The van der Waals surface area contributed by atoms with E-state index in [1.165, 1.54) is 10.6 Å². The predicted octanol–water partition coefficient (Wildman–Crippen LogP) is 0.490. The van der Waals surface area contributed by atoms with Gasteiger partial charge in [-0.1, -0.05) is 5.16 Å². The number of hydrogen-bond donors (Lipinski definition) is 0. The lowest BCUT2D eigenvalue weighted by Gasteiger charge is -2.32. The minimum absolute atomic E-state index is 0.0928. The second-order valence-electron chi connectivity index (χ2n) is 5.25. The maximum atomic E-state index is 11.6. The molecule has 0 spiro atoms. The van der Waals surface area contributed by atoms with Gasteiger partial charge in [0, 0.05) is 19.0 Å². The number of nitrogens with zero attached hydrogens (tertiary/aromatic N) is 3. The fourth-order valence-electron chi connectivity index (χ4n) is 2.83. The molecule has 2 fully saturated rings. The molecule has 2 aliphatic heterocycles. The molecule has 0 saturated carbocycles. The van der Waals surface area contributed by atoms with Gasteiger partial charge in [0.1, 0.15) is 6.10 Å². The first-order valence-corrected chi connectivity index (χ1v) is 8.19. The highest BCUT2D eigenvalue weighted by molar-refractivity contribution is 7.88. The highest BCUT2D eigenvalue weighted by Gasteiger charge is 2.43. The molecule has 106 valence electrons. The molecule has 19 heavy (non-hydrogen) atoms. The molecule has 0 aromatic carbocycles. The van der Waals surface area contributed by atoms with Crippen LogP contribution in [0.25, 0.3) is 0 Å². The Morgan fingerprint density at radius 1 is 1.42 bits per heavy atom. The van der Waals surface area contributed by atoms with Crippen molar-refractivity contribution in [2.75, 3.05) is 19.3 Å². The van der Waals surface area contributed by atoms with Crippen molar-refractivity contribution in [1.29, 1.82) is 0 Å². The molecule has 0 bridgehead atoms. The van der Waals surface area contributed by atoms with Crippen LogP contribution in [0.4, 0.5) is 0 Å². The van der Waals surface area contributed by atoms with E-state index in [2.05, 4.69) is 10.1 Å². The van der Waals surface area contributed by atoms with Gasteiger partial charge in [0.05, 0.1) is 12.4 Å². The Kier molecular flexibility index (Phi) is 3.11. The number of hydrogen-bond acceptors (Lipinski definition) is 6. The molecule has 2 saturated heterocycles. The summed E-state index contributed by atoms with van der Waals surface area (Å²) in [5, 5.41) is 3.76. The minimum Gasteiger partial charge on any atom is -0.365 e. The van der Waals surface area contributed by atoms with Crippen molar-refractivity contribution in [3.8, 4) is 0 Å². The van der Waals surface area contributed by atoms with Crippen molar-refractivity contribution in [1.82, 2.24) is 14.4 Å². The lowest BCUT2D eigenvalue weighted by Crippen LogP contribution is -2.43. The van der Waals surface area contributed by atoms with Crippen molar-refractivity contribution < 1.29 is 17.7 Å². The Balaban J connectivity index is 1.71. The summed E-state index contributed by atoms with van der Waals surface area (Å²) < 4.78 is 35.7. The van der Waals surface area contributed by atoms with E-state index in [0.717, 1.165) is 12.8 Å². The molecule has 3 atom stereocenters. The average molecular weight is 287 g/mol. The normalized spacial score (nSPS) is 32.4. The second-order valence-corrected chi connectivity index (χ2v) is 7.23. The van der Waals surface area contributed by atoms with Crippen LogP contribution in [-0.4, -0.2) is 48.3 Å². The van der Waals surface area contributed by atoms with Gasteiger partial charge in [-0.15, -0.1) is 0 Å². The Labute approximate surface area is 112 Å². The van der Waals surface area contributed by atoms with Crippen LogP contribution < -0.4 is 0 Å². The van der Waals surface area contributed by atoms with Gasteiger partial charge in [0.15, 0.2) is 5.82 Å². The molecular weight excluding hydrogens is 270 g/mol. The van der Waals surface area contributed by atoms with E-state index < -0.39 is 10.0 Å². The number of piperidine rings is 1. The molecule has 3 rings (SSSR count). The van der Waals surface area contributed by atoms with Gasteiger partial charge in [-0.3, -0.25) is 0 Å². The van der Waals surface area contributed by atoms with E-state index in [-0.39, 0.29) is 18.1 Å². The number of fused-ring (bicyclic) bond motifs is 1. The van der Waals surface area contributed by atoms with Crippen molar-refractivity contribution in [2.24, 2.45) is 5.92 Å². The third kappa shape index (κ3) is 2.52. The Bertz CT molecular complexity index is 570. The number of aromatic nitrogens is 2. The van der Waals surface area contributed by atoms with Gasteiger partial charge in [-0.05, 0) is 19.8 Å². The van der Waals surface area contributed by atoms with Gasteiger partial charge >= 0.3 is 0 Å². The van der Waals surface area contributed by atoms with E-state index in [1.54, 1.807) is 6.92 Å². The first kappa shape index (κ1) is 13.0. The zero-order valence-electron chi connectivity index (χ0n) is 10.9. The molecule has 0 N–H and O–H groups in total. The van der Waals surface area contributed by atoms with Gasteiger partial charge in [0.2, 0.25) is 10.0 Å². The number of ether oxygens (including phenoxy) is 1. The van der Waals surface area contributed by atoms with Crippen molar-refractivity contribution in [2.45, 2.75) is 32.0 Å². The Morgan fingerprint density at radius 3 is 2.84 bits per heavy atom. The van der Waals surface area contributed by atoms with E-state index in [0.29, 0.717) is 24.8 Å². The molecular formula is C11H17N3O4S. The van der Waals surface area contributed by atoms with Gasteiger partial charge in [-0.25, -0.2) is 12.7 Å². The molecule has 0 unspecified atom stereocenters. The Hall–Kier alpha value is -0.990. The highest BCUT2D eigenvalue weighted by atomic mass is 32.2. The molecule has 0 amide bonds. The molecule has 0 radical (unpaired) electrons. The van der Waals surface area contributed by atoms with E-state index >= 15 is 0 Å². The van der Waals surface area contributed by atoms with E-state index in [1.807, 2.05) is 0 Å². The van der Waals surface area contributed by atoms with Crippen molar-refractivity contribution in [3.05, 3.63) is 11.7 Å². The van der Waals surface area contributed by atoms with Crippen LogP contribution in [0.5, 0.6) is 0 Å². The maximum absolute atomic E-state index is 11.6. The minimum atomic E-state index is -3.12. The van der Waals surface area contributed by atoms with Gasteiger partial charge in [0.25, 0.3) is 5.89 Å². The quantitative estimate of drug-likeness (QED) is 0.787. The first-order chi connectivity index (χ1) is 8.93. The first-order valence-electron chi connectivity index (χ1n) is 6.34. The highest BCUT2D eigenvalue weighted by Crippen LogP contribution is 2.40. The summed E-state index contributed by atoms with van der Waals surface area (Å²) in [6.45, 7) is 2.81. The van der Waals surface area contributed by atoms with Crippen LogP contribution in [0.3, 0.4) is 0 Å². The maximum Gasteiger partial charge on any atom is 0.255 e. The predicted molar refractivity (Wildman–Crippen MR) is 65.8 cm³/mol. The molecule has 1 aromatic rings. The van der Waals surface area contributed by atoms with Crippen LogP contribution >= 0.6 is 0 Å². The summed E-state index contributed by atoms with van der Waals surface area (Å²) >= 11 is 0. The largest absolute Gasteiger partial charge is 0.365 e. The van der Waals surface area contributed by atoms with Gasteiger partial charge < -0.3 is 9.26 Å². The monoisotopic (exact) mass is 287 g/mol. The third-order valence-corrected chi connectivity index (χ3v) is 5.04. The van der Waals surface area contributed by atoms with E-state index in [4.69, 9.17) is 9.26 Å². The number of aryl methyl sites for hydroxylation is 1. The SMILES string of the molecule is Cc1noc([C@@H]2C[C@@H]3CN(S(C)(=O)=O)CC[C@H]3O2)n1. The van der Waals surface area contributed by atoms with Crippen LogP contribution in [0, 0.1) is 12.8 Å². The molecule has 3 heterocycles. The summed E-state index contributed by atoms with van der Waals surface area (Å²) in [6.07, 6.45) is 2.60. The summed E-state index contributed by atoms with van der Waals surface area (Å²) in [7, 11) is -3.12. The topological polar surface area (TPSA) is 85.5 Å². The number of rotatable bonds is 2. The van der Waals surface area contributed by atoms with Crippen LogP contribution in [-0.2, 0) is 14.8 Å². The van der Waals surface area contributed by atoms with Gasteiger partial charge in [-0.2, -0.15) is 4.98 Å². The molecule has 0 aliphatic carbocycles. The number of sulfonamides is 1. The van der Waals surface area contributed by atoms with Crippen LogP contribution in [0.1, 0.15) is 30.7 Å². The summed E-state index contributed by atoms with van der Waals surface area (Å²) in [6, 6.07) is 0. The lowest BCUT2D eigenvalue weighted by atomic mass is 9.94. The smallest absolute Gasteiger partial charge is 0.255 e. The van der Waals surface area contributed by atoms with Crippen molar-refractivity contribution >= 4 is 10.0 Å². The van der Waals surface area contributed by atoms with Crippen LogP contribution in [0.15, 0.2) is 4.52 Å². The average Bonchev–Trinajstić information content (AvgIpc) is 2.92. The standard InChI is InChI=1S/C11H17N3O4S/c1-7-12-11(18-13-7)10-5-8-6-14(19(2,15)16)4-3-9(8)17-10/h8-10H,3-6H2,1-2H3/t8-,9-,10+/m1/s1. The molecule has 2 aliphatic rings. The molecule has 8 heteroatoms. The van der Waals surface area contributed by atoms with Crippen molar-refractivity contribution in [3.63, 3.8) is 0 Å². The second kappa shape index (κ2) is 4.53. The zero-order valence-corrected chi connectivity index (χ0v) is 11.8. The van der Waals surface area contributed by atoms with E-state index in [9.17, 15) is 8.42 Å². The third-order valence-electron chi connectivity index (χ3n) is 3.77. The van der Waals surface area contributed by atoms with Crippen LogP contribution in [0.2, 0.25) is 0 Å². The fourth-order valence-corrected chi connectivity index (χ4v) is 3.73.